The van der Waals surface area contributed by atoms with Gasteiger partial charge in [-0.25, -0.2) is 0 Å². The predicted octanol–water partition coefficient (Wildman–Crippen LogP) is 1.79. The zero-order valence-electron chi connectivity index (χ0n) is 8.80. The molecule has 3 aliphatic rings. The van der Waals surface area contributed by atoms with Crippen LogP contribution in [-0.4, -0.2) is 36.1 Å². The lowest BCUT2D eigenvalue weighted by Gasteiger charge is -2.32. The summed E-state index contributed by atoms with van der Waals surface area (Å²) in [5.74, 6) is 0. The van der Waals surface area contributed by atoms with Gasteiger partial charge in [-0.2, -0.15) is 0 Å². The lowest BCUT2D eigenvalue weighted by Crippen LogP contribution is -2.48. The molecule has 0 unspecified atom stereocenters. The summed E-state index contributed by atoms with van der Waals surface area (Å²) in [6.45, 7) is 4.01. The molecule has 0 radical (unpaired) electrons. The quantitative estimate of drug-likeness (QED) is 0.757. The standard InChI is InChI=1S/C11H20N2.ClH/c1-2-9-13(8-1)11(5-6-11)10-4-3-7-12-10;/h10,12H,1-9H2;1H/t10-;/m0./s1. The van der Waals surface area contributed by atoms with E-state index >= 15 is 0 Å². The van der Waals surface area contributed by atoms with Crippen molar-refractivity contribution in [2.45, 2.75) is 50.1 Å². The smallest absolute Gasteiger partial charge is 0.0363 e. The lowest BCUT2D eigenvalue weighted by molar-refractivity contribution is 0.178. The van der Waals surface area contributed by atoms with Crippen LogP contribution in [-0.2, 0) is 0 Å². The summed E-state index contributed by atoms with van der Waals surface area (Å²) in [6, 6.07) is 0.839. The molecule has 1 aliphatic carbocycles. The third kappa shape index (κ3) is 1.58. The molecule has 3 fully saturated rings. The van der Waals surface area contributed by atoms with Crippen molar-refractivity contribution in [3.8, 4) is 0 Å². The molecule has 1 saturated carbocycles. The fourth-order valence-corrected chi connectivity index (χ4v) is 3.32. The Morgan fingerprint density at radius 3 is 2.29 bits per heavy atom. The van der Waals surface area contributed by atoms with Gasteiger partial charge >= 0.3 is 0 Å². The minimum Gasteiger partial charge on any atom is -0.312 e. The summed E-state index contributed by atoms with van der Waals surface area (Å²) in [5, 5.41) is 3.69. The summed E-state index contributed by atoms with van der Waals surface area (Å²) in [7, 11) is 0. The molecule has 0 bridgehead atoms. The minimum absolute atomic E-state index is 0. The largest absolute Gasteiger partial charge is 0.312 e. The second-order valence-electron chi connectivity index (χ2n) is 4.95. The molecule has 3 rings (SSSR count). The molecule has 2 saturated heterocycles. The molecule has 2 nitrogen and oxygen atoms in total. The van der Waals surface area contributed by atoms with Crippen LogP contribution in [0.1, 0.15) is 38.5 Å². The van der Waals surface area contributed by atoms with Crippen LogP contribution >= 0.6 is 12.4 Å². The number of halogens is 1. The average molecular weight is 217 g/mol. The Morgan fingerprint density at radius 2 is 1.79 bits per heavy atom. The van der Waals surface area contributed by atoms with Gasteiger partial charge in [0, 0.05) is 11.6 Å². The van der Waals surface area contributed by atoms with Gasteiger partial charge in [0.2, 0.25) is 0 Å². The predicted molar refractivity (Wildman–Crippen MR) is 61.0 cm³/mol. The van der Waals surface area contributed by atoms with Crippen LogP contribution in [0.2, 0.25) is 0 Å². The molecular weight excluding hydrogens is 196 g/mol. The summed E-state index contributed by atoms with van der Waals surface area (Å²) < 4.78 is 0. The van der Waals surface area contributed by atoms with Gasteiger partial charge < -0.3 is 5.32 Å². The van der Waals surface area contributed by atoms with Crippen LogP contribution in [0.25, 0.3) is 0 Å². The fourth-order valence-electron chi connectivity index (χ4n) is 3.32. The molecule has 0 amide bonds. The summed E-state index contributed by atoms with van der Waals surface area (Å²) in [6.07, 6.45) is 8.63. The van der Waals surface area contributed by atoms with Crippen LogP contribution in [0, 0.1) is 0 Å². The van der Waals surface area contributed by atoms with E-state index in [0.29, 0.717) is 5.54 Å². The number of nitrogens with zero attached hydrogens (tertiary/aromatic N) is 1. The number of likely N-dealkylation sites (tertiary alicyclic amines) is 1. The van der Waals surface area contributed by atoms with E-state index in [4.69, 9.17) is 0 Å². The Kier molecular flexibility index (Phi) is 3.06. The van der Waals surface area contributed by atoms with Crippen molar-refractivity contribution in [3.63, 3.8) is 0 Å². The Bertz CT molecular complexity index is 173. The van der Waals surface area contributed by atoms with E-state index in [-0.39, 0.29) is 12.4 Å². The summed E-state index contributed by atoms with van der Waals surface area (Å²) in [5.41, 5.74) is 0.632. The molecule has 0 aromatic rings. The van der Waals surface area contributed by atoms with Crippen molar-refractivity contribution in [2.75, 3.05) is 19.6 Å². The Morgan fingerprint density at radius 1 is 1.07 bits per heavy atom. The first-order valence-electron chi connectivity index (χ1n) is 5.90. The molecule has 14 heavy (non-hydrogen) atoms. The van der Waals surface area contributed by atoms with Crippen molar-refractivity contribution >= 4 is 12.4 Å². The summed E-state index contributed by atoms with van der Waals surface area (Å²) >= 11 is 0. The van der Waals surface area contributed by atoms with E-state index in [1.165, 1.54) is 58.2 Å². The van der Waals surface area contributed by atoms with E-state index in [1.54, 1.807) is 0 Å². The monoisotopic (exact) mass is 216 g/mol. The molecular formula is C11H21ClN2. The van der Waals surface area contributed by atoms with Crippen molar-refractivity contribution < 1.29 is 0 Å². The van der Waals surface area contributed by atoms with Gasteiger partial charge in [0.1, 0.15) is 0 Å². The van der Waals surface area contributed by atoms with Gasteiger partial charge in [-0.1, -0.05) is 0 Å². The second kappa shape index (κ2) is 3.99. The number of hydrogen-bond acceptors (Lipinski definition) is 2. The normalized spacial score (nSPS) is 35.6. The Labute approximate surface area is 92.8 Å². The van der Waals surface area contributed by atoms with Crippen LogP contribution in [0.15, 0.2) is 0 Å². The second-order valence-corrected chi connectivity index (χ2v) is 4.95. The van der Waals surface area contributed by atoms with Crippen molar-refractivity contribution in [2.24, 2.45) is 0 Å². The van der Waals surface area contributed by atoms with Crippen LogP contribution < -0.4 is 5.32 Å². The minimum atomic E-state index is 0. The van der Waals surface area contributed by atoms with Crippen molar-refractivity contribution in [1.82, 2.24) is 10.2 Å². The van der Waals surface area contributed by atoms with E-state index < -0.39 is 0 Å². The molecule has 3 heteroatoms. The zero-order valence-corrected chi connectivity index (χ0v) is 9.61. The Balaban J connectivity index is 0.000000750. The highest BCUT2D eigenvalue weighted by Crippen LogP contribution is 2.48. The molecule has 2 aliphatic heterocycles. The lowest BCUT2D eigenvalue weighted by atomic mass is 10.0. The van der Waals surface area contributed by atoms with Gasteiger partial charge in [0.15, 0.2) is 0 Å². The van der Waals surface area contributed by atoms with Crippen LogP contribution in [0.3, 0.4) is 0 Å². The molecule has 1 atom stereocenters. The van der Waals surface area contributed by atoms with Crippen LogP contribution in [0.4, 0.5) is 0 Å². The molecule has 82 valence electrons. The van der Waals surface area contributed by atoms with Gasteiger partial charge in [-0.3, -0.25) is 4.90 Å². The number of rotatable bonds is 2. The maximum atomic E-state index is 3.69. The van der Waals surface area contributed by atoms with Gasteiger partial charge in [-0.05, 0) is 58.2 Å². The van der Waals surface area contributed by atoms with Gasteiger partial charge in [-0.15, -0.1) is 12.4 Å². The SMILES string of the molecule is C1CN[C@H](C2(N3CCCC3)CC2)C1.Cl. The zero-order chi connectivity index (χ0) is 8.73. The van der Waals surface area contributed by atoms with Gasteiger partial charge in [0.25, 0.3) is 0 Å². The van der Waals surface area contributed by atoms with Crippen molar-refractivity contribution in [3.05, 3.63) is 0 Å². The van der Waals surface area contributed by atoms with Gasteiger partial charge in [0.05, 0.1) is 0 Å². The highest BCUT2D eigenvalue weighted by Gasteiger charge is 2.54. The number of hydrogen-bond donors (Lipinski definition) is 1. The maximum absolute atomic E-state index is 3.69. The molecule has 1 N–H and O–H groups in total. The average Bonchev–Trinajstić information content (AvgIpc) is 2.68. The third-order valence-corrected chi connectivity index (χ3v) is 4.21. The van der Waals surface area contributed by atoms with E-state index in [9.17, 15) is 0 Å². The first-order valence-corrected chi connectivity index (χ1v) is 5.90. The highest BCUT2D eigenvalue weighted by atomic mass is 35.5. The van der Waals surface area contributed by atoms with E-state index in [1.807, 2.05) is 0 Å². The molecule has 0 aromatic carbocycles. The van der Waals surface area contributed by atoms with E-state index in [2.05, 4.69) is 10.2 Å². The first kappa shape index (κ1) is 10.7. The third-order valence-electron chi connectivity index (χ3n) is 4.21. The first-order chi connectivity index (χ1) is 6.42. The van der Waals surface area contributed by atoms with E-state index in [0.717, 1.165) is 6.04 Å². The summed E-state index contributed by atoms with van der Waals surface area (Å²) in [4.78, 5) is 2.77. The molecule has 2 heterocycles. The van der Waals surface area contributed by atoms with Crippen LogP contribution in [0.5, 0.6) is 0 Å². The molecule has 0 aromatic heterocycles. The maximum Gasteiger partial charge on any atom is 0.0363 e. The molecule has 0 spiro atoms. The van der Waals surface area contributed by atoms with Crippen molar-refractivity contribution in [1.29, 1.82) is 0 Å². The fraction of sp³-hybridized carbons (Fsp3) is 1.00. The Hall–Kier alpha value is 0.210. The topological polar surface area (TPSA) is 15.3 Å². The number of nitrogens with one attached hydrogen (secondary N) is 1. The highest BCUT2D eigenvalue weighted by molar-refractivity contribution is 5.85.